The summed E-state index contributed by atoms with van der Waals surface area (Å²) in [6.07, 6.45) is 0. The summed E-state index contributed by atoms with van der Waals surface area (Å²) in [5.41, 5.74) is 7.72. The molecule has 92 valence electrons. The molecule has 2 nitrogen and oxygen atoms in total. The largest absolute Gasteiger partial charge is 0.397 e. The number of carbonyl (C=O) groups excluding carboxylic acids is 1. The molecule has 0 saturated heterocycles. The van der Waals surface area contributed by atoms with Crippen LogP contribution in [0, 0.1) is 6.92 Å². The van der Waals surface area contributed by atoms with Crippen molar-refractivity contribution in [3.8, 4) is 0 Å². The highest BCUT2D eigenvalue weighted by Gasteiger charge is 2.17. The fraction of sp³-hybridized carbons (Fsp3) is 0.0714. The second kappa shape index (κ2) is 5.01. The van der Waals surface area contributed by atoms with Crippen LogP contribution in [-0.4, -0.2) is 5.78 Å². The number of halogens is 2. The Bertz CT molecular complexity index is 609. The van der Waals surface area contributed by atoms with Gasteiger partial charge in [0.05, 0.1) is 10.7 Å². The summed E-state index contributed by atoms with van der Waals surface area (Å²) >= 11 is 12.1. The molecular weight excluding hydrogens is 269 g/mol. The molecule has 0 atom stereocenters. The van der Waals surface area contributed by atoms with Crippen molar-refractivity contribution < 1.29 is 4.79 Å². The van der Waals surface area contributed by atoms with Crippen LogP contribution in [0.4, 0.5) is 5.69 Å². The van der Waals surface area contributed by atoms with Gasteiger partial charge in [0, 0.05) is 16.1 Å². The highest BCUT2D eigenvalue weighted by Crippen LogP contribution is 2.33. The third-order valence-corrected chi connectivity index (χ3v) is 3.65. The van der Waals surface area contributed by atoms with Crippen LogP contribution in [-0.2, 0) is 0 Å². The summed E-state index contributed by atoms with van der Waals surface area (Å²) in [5.74, 6) is -0.183. The van der Waals surface area contributed by atoms with Gasteiger partial charge in [0.1, 0.15) is 0 Å². The lowest BCUT2D eigenvalue weighted by Gasteiger charge is -2.10. The van der Waals surface area contributed by atoms with Crippen molar-refractivity contribution in [2.24, 2.45) is 0 Å². The molecule has 0 aliphatic rings. The number of benzene rings is 2. The second-order valence-electron chi connectivity index (χ2n) is 3.95. The van der Waals surface area contributed by atoms with Crippen LogP contribution in [0.15, 0.2) is 36.4 Å². The van der Waals surface area contributed by atoms with Crippen molar-refractivity contribution in [2.75, 3.05) is 5.73 Å². The highest BCUT2D eigenvalue weighted by molar-refractivity contribution is 6.39. The Morgan fingerprint density at radius 1 is 1.17 bits per heavy atom. The maximum Gasteiger partial charge on any atom is 0.195 e. The number of rotatable bonds is 2. The minimum absolute atomic E-state index is 0.183. The smallest absolute Gasteiger partial charge is 0.195 e. The summed E-state index contributed by atoms with van der Waals surface area (Å²) in [4.78, 5) is 12.3. The molecular formula is C14H11Cl2NO. The zero-order chi connectivity index (χ0) is 13.3. The average Bonchev–Trinajstić information content (AvgIpc) is 2.41. The summed E-state index contributed by atoms with van der Waals surface area (Å²) < 4.78 is 0. The first-order valence-electron chi connectivity index (χ1n) is 5.36. The van der Waals surface area contributed by atoms with Crippen LogP contribution in [0.5, 0.6) is 0 Å². The number of carbonyl (C=O) groups is 1. The third-order valence-electron chi connectivity index (χ3n) is 2.77. The molecule has 0 radical (unpaired) electrons. The summed E-state index contributed by atoms with van der Waals surface area (Å²) in [5, 5.41) is 0.773. The molecule has 0 amide bonds. The van der Waals surface area contributed by atoms with Gasteiger partial charge in [-0.1, -0.05) is 53.5 Å². The lowest BCUT2D eigenvalue weighted by molar-refractivity contribution is 0.103. The van der Waals surface area contributed by atoms with Crippen molar-refractivity contribution in [2.45, 2.75) is 6.92 Å². The number of nitrogens with two attached hydrogens (primary N) is 1. The van der Waals surface area contributed by atoms with Gasteiger partial charge in [0.25, 0.3) is 0 Å². The molecule has 2 N–H and O–H groups in total. The van der Waals surface area contributed by atoms with Crippen LogP contribution in [0.25, 0.3) is 0 Å². The van der Waals surface area contributed by atoms with Crippen molar-refractivity contribution >= 4 is 34.7 Å². The molecule has 0 bridgehead atoms. The molecule has 2 aromatic carbocycles. The van der Waals surface area contributed by atoms with E-state index in [4.69, 9.17) is 28.9 Å². The Labute approximate surface area is 115 Å². The van der Waals surface area contributed by atoms with Crippen molar-refractivity contribution in [1.29, 1.82) is 0 Å². The van der Waals surface area contributed by atoms with Gasteiger partial charge in [-0.05, 0) is 18.6 Å². The first-order valence-corrected chi connectivity index (χ1v) is 6.11. The van der Waals surface area contributed by atoms with E-state index in [9.17, 15) is 4.79 Å². The Morgan fingerprint density at radius 2 is 1.78 bits per heavy atom. The predicted octanol–water partition coefficient (Wildman–Crippen LogP) is 4.12. The first-order chi connectivity index (χ1) is 8.52. The fourth-order valence-corrected chi connectivity index (χ4v) is 2.13. The SMILES string of the molecule is Cc1c(Cl)cc(C(=O)c2ccccc2)c(N)c1Cl. The monoisotopic (exact) mass is 279 g/mol. The normalized spacial score (nSPS) is 10.4. The Kier molecular flexibility index (Phi) is 3.60. The highest BCUT2D eigenvalue weighted by atomic mass is 35.5. The molecule has 2 rings (SSSR count). The van der Waals surface area contributed by atoms with Gasteiger partial charge in [-0.25, -0.2) is 0 Å². The molecule has 0 aromatic heterocycles. The van der Waals surface area contributed by atoms with E-state index in [0.29, 0.717) is 26.7 Å². The molecule has 2 aromatic rings. The van der Waals surface area contributed by atoms with Gasteiger partial charge in [-0.15, -0.1) is 0 Å². The van der Waals surface area contributed by atoms with Gasteiger partial charge in [0.2, 0.25) is 0 Å². The van der Waals surface area contributed by atoms with E-state index in [2.05, 4.69) is 0 Å². The lowest BCUT2D eigenvalue weighted by atomic mass is 10.0. The lowest BCUT2D eigenvalue weighted by Crippen LogP contribution is -2.06. The summed E-state index contributed by atoms with van der Waals surface area (Å²) in [6, 6.07) is 10.4. The van der Waals surface area contributed by atoms with E-state index >= 15 is 0 Å². The third kappa shape index (κ3) is 2.22. The van der Waals surface area contributed by atoms with E-state index in [1.165, 1.54) is 0 Å². The first kappa shape index (κ1) is 12.9. The van der Waals surface area contributed by atoms with E-state index in [-0.39, 0.29) is 11.5 Å². The van der Waals surface area contributed by atoms with Gasteiger partial charge >= 0.3 is 0 Å². The van der Waals surface area contributed by atoms with Crippen LogP contribution in [0.2, 0.25) is 10.0 Å². The van der Waals surface area contributed by atoms with Crippen LogP contribution in [0.1, 0.15) is 21.5 Å². The topological polar surface area (TPSA) is 43.1 Å². The molecule has 4 heteroatoms. The number of hydrogen-bond acceptors (Lipinski definition) is 2. The second-order valence-corrected chi connectivity index (χ2v) is 4.74. The van der Waals surface area contributed by atoms with Crippen LogP contribution < -0.4 is 5.73 Å². The van der Waals surface area contributed by atoms with Gasteiger partial charge in [0.15, 0.2) is 5.78 Å². The Balaban J connectivity index is 2.56. The number of nitrogen functional groups attached to an aromatic ring is 1. The Morgan fingerprint density at radius 3 is 2.39 bits per heavy atom. The summed E-state index contributed by atoms with van der Waals surface area (Å²) in [7, 11) is 0. The van der Waals surface area contributed by atoms with E-state index in [1.807, 2.05) is 6.07 Å². The average molecular weight is 280 g/mol. The van der Waals surface area contributed by atoms with Gasteiger partial charge in [-0.3, -0.25) is 4.79 Å². The summed E-state index contributed by atoms with van der Waals surface area (Å²) in [6.45, 7) is 1.76. The standard InChI is InChI=1S/C14H11Cl2NO/c1-8-11(15)7-10(13(17)12(8)16)14(18)9-5-3-2-4-6-9/h2-7H,17H2,1H3. The number of hydrogen-bond donors (Lipinski definition) is 1. The minimum Gasteiger partial charge on any atom is -0.397 e. The number of anilines is 1. The van der Waals surface area contributed by atoms with E-state index < -0.39 is 0 Å². The molecule has 0 aliphatic heterocycles. The molecule has 0 unspecified atom stereocenters. The van der Waals surface area contributed by atoms with Gasteiger partial charge in [-0.2, -0.15) is 0 Å². The van der Waals surface area contributed by atoms with Gasteiger partial charge < -0.3 is 5.73 Å². The maximum absolute atomic E-state index is 12.3. The zero-order valence-corrected chi connectivity index (χ0v) is 11.2. The maximum atomic E-state index is 12.3. The van der Waals surface area contributed by atoms with Crippen molar-refractivity contribution in [3.05, 3.63) is 63.1 Å². The fourth-order valence-electron chi connectivity index (χ4n) is 1.67. The molecule has 0 aliphatic carbocycles. The van der Waals surface area contributed by atoms with E-state index in [0.717, 1.165) is 0 Å². The van der Waals surface area contributed by atoms with E-state index in [1.54, 1.807) is 37.3 Å². The Hall–Kier alpha value is -1.51. The molecule has 0 heterocycles. The van der Waals surface area contributed by atoms with Crippen LogP contribution in [0.3, 0.4) is 0 Å². The quantitative estimate of drug-likeness (QED) is 0.664. The number of ketones is 1. The van der Waals surface area contributed by atoms with Crippen LogP contribution >= 0.6 is 23.2 Å². The molecule has 0 spiro atoms. The molecule has 0 saturated carbocycles. The van der Waals surface area contributed by atoms with Crippen molar-refractivity contribution in [3.63, 3.8) is 0 Å². The predicted molar refractivity (Wildman–Crippen MR) is 75.5 cm³/mol. The molecule has 0 fully saturated rings. The molecule has 18 heavy (non-hydrogen) atoms. The van der Waals surface area contributed by atoms with Crippen molar-refractivity contribution in [1.82, 2.24) is 0 Å². The minimum atomic E-state index is -0.183. The zero-order valence-electron chi connectivity index (χ0n) is 9.71.